The van der Waals surface area contributed by atoms with Gasteiger partial charge in [-0.05, 0) is 24.6 Å². The Morgan fingerprint density at radius 2 is 2.00 bits per heavy atom. The van der Waals surface area contributed by atoms with Gasteiger partial charge in [-0.3, -0.25) is 4.55 Å². The molecule has 0 spiro atoms. The molecule has 14 heavy (non-hydrogen) atoms. The van der Waals surface area contributed by atoms with Crippen molar-refractivity contribution in [3.63, 3.8) is 0 Å². The molecular formula is C8H9BO4S. The molecule has 6 heteroatoms. The lowest BCUT2D eigenvalue weighted by molar-refractivity contribution is 0.411. The van der Waals surface area contributed by atoms with Gasteiger partial charge in [0.05, 0.1) is 12.0 Å². The molecule has 0 heterocycles. The SMILES string of the molecule is [B]c1cc(OC)c(C)cc1S(=O)(=O)O. The number of aryl methyl sites for hydroxylation is 1. The topological polar surface area (TPSA) is 63.6 Å². The number of ether oxygens (including phenoxy) is 1. The van der Waals surface area contributed by atoms with Crippen molar-refractivity contribution in [3.05, 3.63) is 17.7 Å². The quantitative estimate of drug-likeness (QED) is 0.555. The summed E-state index contributed by atoms with van der Waals surface area (Å²) in [6, 6.07) is 2.63. The molecular weight excluding hydrogens is 203 g/mol. The van der Waals surface area contributed by atoms with E-state index < -0.39 is 10.1 Å². The van der Waals surface area contributed by atoms with E-state index >= 15 is 0 Å². The lowest BCUT2D eigenvalue weighted by Gasteiger charge is -2.09. The molecule has 0 aliphatic heterocycles. The van der Waals surface area contributed by atoms with E-state index in [2.05, 4.69) is 0 Å². The number of hydrogen-bond donors (Lipinski definition) is 1. The van der Waals surface area contributed by atoms with Crippen molar-refractivity contribution >= 4 is 23.4 Å². The molecule has 0 unspecified atom stereocenters. The Hall–Kier alpha value is -1.01. The summed E-state index contributed by atoms with van der Waals surface area (Å²) in [6.45, 7) is 1.66. The van der Waals surface area contributed by atoms with Crippen molar-refractivity contribution < 1.29 is 17.7 Å². The number of rotatable bonds is 2. The van der Waals surface area contributed by atoms with E-state index in [1.165, 1.54) is 19.2 Å². The standard InChI is InChI=1S/C8H9BO4S/c1-5-3-8(14(10,11)12)6(9)4-7(5)13-2/h3-4H,1-2H3,(H,10,11,12). The predicted molar refractivity (Wildman–Crippen MR) is 52.9 cm³/mol. The second-order valence-corrected chi connectivity index (χ2v) is 4.22. The first-order valence-electron chi connectivity index (χ1n) is 3.78. The van der Waals surface area contributed by atoms with Crippen molar-refractivity contribution in [2.24, 2.45) is 0 Å². The maximum atomic E-state index is 10.8. The molecule has 1 rings (SSSR count). The van der Waals surface area contributed by atoms with Gasteiger partial charge in [0, 0.05) is 0 Å². The molecule has 0 saturated heterocycles. The minimum Gasteiger partial charge on any atom is -0.497 e. The van der Waals surface area contributed by atoms with Crippen LogP contribution in [0.25, 0.3) is 0 Å². The first-order chi connectivity index (χ1) is 6.36. The molecule has 0 aromatic heterocycles. The van der Waals surface area contributed by atoms with Gasteiger partial charge < -0.3 is 4.74 Å². The highest BCUT2D eigenvalue weighted by molar-refractivity contribution is 7.86. The third-order valence-electron chi connectivity index (χ3n) is 1.81. The van der Waals surface area contributed by atoms with Crippen LogP contribution in [-0.2, 0) is 10.1 Å². The van der Waals surface area contributed by atoms with Gasteiger partial charge in [0.25, 0.3) is 10.1 Å². The number of benzene rings is 1. The van der Waals surface area contributed by atoms with E-state index in [9.17, 15) is 8.42 Å². The van der Waals surface area contributed by atoms with Gasteiger partial charge in [-0.25, -0.2) is 0 Å². The second-order valence-electron chi connectivity index (χ2n) is 2.83. The van der Waals surface area contributed by atoms with Crippen LogP contribution in [0.5, 0.6) is 5.75 Å². The van der Waals surface area contributed by atoms with Crippen LogP contribution >= 0.6 is 0 Å². The van der Waals surface area contributed by atoms with Crippen LogP contribution in [0.1, 0.15) is 5.56 Å². The number of hydrogen-bond acceptors (Lipinski definition) is 3. The van der Waals surface area contributed by atoms with Crippen LogP contribution in [-0.4, -0.2) is 27.9 Å². The third-order valence-corrected chi connectivity index (χ3v) is 2.71. The Morgan fingerprint density at radius 1 is 1.43 bits per heavy atom. The maximum absolute atomic E-state index is 10.8. The van der Waals surface area contributed by atoms with E-state index in [-0.39, 0.29) is 10.4 Å². The van der Waals surface area contributed by atoms with E-state index in [1.54, 1.807) is 6.92 Å². The highest BCUT2D eigenvalue weighted by Crippen LogP contribution is 2.18. The summed E-state index contributed by atoms with van der Waals surface area (Å²) >= 11 is 0. The Bertz CT molecular complexity index is 453. The van der Waals surface area contributed by atoms with Gasteiger partial charge in [0.2, 0.25) is 0 Å². The zero-order valence-corrected chi connectivity index (χ0v) is 8.63. The fourth-order valence-electron chi connectivity index (χ4n) is 1.12. The zero-order valence-electron chi connectivity index (χ0n) is 7.81. The van der Waals surface area contributed by atoms with Crippen LogP contribution in [0.4, 0.5) is 0 Å². The molecule has 4 nitrogen and oxygen atoms in total. The normalized spacial score (nSPS) is 11.4. The van der Waals surface area contributed by atoms with Gasteiger partial charge in [0.15, 0.2) is 0 Å². The van der Waals surface area contributed by atoms with E-state index in [0.717, 1.165) is 0 Å². The monoisotopic (exact) mass is 212 g/mol. The van der Waals surface area contributed by atoms with Crippen molar-refractivity contribution in [2.75, 3.05) is 7.11 Å². The number of methoxy groups -OCH3 is 1. The molecule has 1 N–H and O–H groups in total. The Balaban J connectivity index is 3.44. The average molecular weight is 212 g/mol. The Kier molecular flexibility index (Phi) is 2.87. The van der Waals surface area contributed by atoms with Crippen molar-refractivity contribution in [2.45, 2.75) is 11.8 Å². The largest absolute Gasteiger partial charge is 0.497 e. The highest BCUT2D eigenvalue weighted by atomic mass is 32.2. The lowest BCUT2D eigenvalue weighted by Crippen LogP contribution is -2.16. The summed E-state index contributed by atoms with van der Waals surface area (Å²) < 4.78 is 35.4. The first-order valence-corrected chi connectivity index (χ1v) is 5.22. The van der Waals surface area contributed by atoms with Gasteiger partial charge in [-0.1, -0.05) is 5.46 Å². The van der Waals surface area contributed by atoms with E-state index in [1.807, 2.05) is 0 Å². The average Bonchev–Trinajstić information content (AvgIpc) is 2.06. The highest BCUT2D eigenvalue weighted by Gasteiger charge is 2.14. The first kappa shape index (κ1) is 11.1. The molecule has 0 aliphatic carbocycles. The fraction of sp³-hybridized carbons (Fsp3) is 0.250. The van der Waals surface area contributed by atoms with Gasteiger partial charge in [-0.15, -0.1) is 0 Å². The summed E-state index contributed by atoms with van der Waals surface area (Å²) in [7, 11) is 2.62. The molecule has 2 radical (unpaired) electrons. The van der Waals surface area contributed by atoms with Crippen molar-refractivity contribution in [3.8, 4) is 5.75 Å². The third kappa shape index (κ3) is 2.08. The van der Waals surface area contributed by atoms with Crippen LogP contribution in [0.2, 0.25) is 0 Å². The smallest absolute Gasteiger partial charge is 0.293 e. The second kappa shape index (κ2) is 3.63. The van der Waals surface area contributed by atoms with Crippen LogP contribution in [0, 0.1) is 6.92 Å². The molecule has 0 bridgehead atoms. The molecule has 0 fully saturated rings. The summed E-state index contributed by atoms with van der Waals surface area (Å²) in [5.74, 6) is 0.481. The Labute approximate surface area is 84.1 Å². The minimum atomic E-state index is -4.26. The summed E-state index contributed by atoms with van der Waals surface area (Å²) in [5, 5.41) is 0. The molecule has 0 amide bonds. The predicted octanol–water partition coefficient (Wildman–Crippen LogP) is 0.0441. The molecule has 0 atom stereocenters. The molecule has 0 saturated carbocycles. The van der Waals surface area contributed by atoms with E-state index in [4.69, 9.17) is 17.1 Å². The minimum absolute atomic E-state index is 0.0325. The molecule has 1 aromatic rings. The van der Waals surface area contributed by atoms with Gasteiger partial charge >= 0.3 is 0 Å². The van der Waals surface area contributed by atoms with Crippen molar-refractivity contribution in [1.29, 1.82) is 0 Å². The molecule has 0 aliphatic rings. The van der Waals surface area contributed by atoms with Gasteiger partial charge in [-0.2, -0.15) is 8.42 Å². The van der Waals surface area contributed by atoms with Crippen LogP contribution in [0.15, 0.2) is 17.0 Å². The summed E-state index contributed by atoms with van der Waals surface area (Å²) in [5.41, 5.74) is 0.560. The molecule has 74 valence electrons. The Morgan fingerprint density at radius 3 is 2.43 bits per heavy atom. The lowest BCUT2D eigenvalue weighted by atomic mass is 9.94. The van der Waals surface area contributed by atoms with E-state index in [0.29, 0.717) is 11.3 Å². The van der Waals surface area contributed by atoms with Crippen LogP contribution in [0.3, 0.4) is 0 Å². The maximum Gasteiger partial charge on any atom is 0.293 e. The molecule has 1 aromatic carbocycles. The fourth-order valence-corrected chi connectivity index (χ4v) is 1.80. The zero-order chi connectivity index (χ0) is 10.9. The van der Waals surface area contributed by atoms with Crippen LogP contribution < -0.4 is 10.2 Å². The summed E-state index contributed by atoms with van der Waals surface area (Å²) in [6.07, 6.45) is 0. The van der Waals surface area contributed by atoms with Gasteiger partial charge in [0.1, 0.15) is 13.6 Å². The van der Waals surface area contributed by atoms with Crippen molar-refractivity contribution in [1.82, 2.24) is 0 Å². The summed E-state index contributed by atoms with van der Waals surface area (Å²) in [4.78, 5) is -0.296.